The molecule has 2 saturated heterocycles. The van der Waals surface area contributed by atoms with Crippen molar-refractivity contribution in [2.24, 2.45) is 11.8 Å². The number of fused-ring (bicyclic) bond motifs is 2. The monoisotopic (exact) mass is 641 g/mol. The third-order valence-electron chi connectivity index (χ3n) is 9.87. The maximum absolute atomic E-state index is 15.0. The summed E-state index contributed by atoms with van der Waals surface area (Å²) in [6.07, 6.45) is 7.37. The fraction of sp³-hybridized carbons (Fsp3) is 0.459. The zero-order valence-electron chi connectivity index (χ0n) is 27.1. The third kappa shape index (κ3) is 5.89. The molecule has 0 aliphatic carbocycles. The molecular weight excluding hydrogens is 598 g/mol. The zero-order chi connectivity index (χ0) is 33.3. The topological polar surface area (TPSA) is 125 Å². The van der Waals surface area contributed by atoms with Crippen molar-refractivity contribution in [1.29, 1.82) is 0 Å². The van der Waals surface area contributed by atoms with Gasteiger partial charge in [-0.1, -0.05) is 72.8 Å². The largest absolute Gasteiger partial charge is 0.455 e. The summed E-state index contributed by atoms with van der Waals surface area (Å²) in [5.41, 5.74) is 1.89. The number of aliphatic hydroxyl groups excluding tert-OH is 1. The molecule has 1 spiro atoms. The number of amides is 3. The van der Waals surface area contributed by atoms with Crippen LogP contribution in [0, 0.1) is 25.7 Å². The van der Waals surface area contributed by atoms with Crippen LogP contribution in [0.5, 0.6) is 0 Å². The Labute approximate surface area is 275 Å². The number of rotatable bonds is 6. The predicted octanol–water partition coefficient (Wildman–Crippen LogP) is 3.70. The van der Waals surface area contributed by atoms with Gasteiger partial charge in [-0.2, -0.15) is 0 Å². The van der Waals surface area contributed by atoms with E-state index >= 15 is 0 Å². The maximum Gasteiger partial charge on any atom is 0.313 e. The lowest BCUT2D eigenvalue weighted by Crippen LogP contribution is -2.56. The van der Waals surface area contributed by atoms with Crippen LogP contribution in [0.2, 0.25) is 0 Å². The standard InChI is InChI=1S/C37H43N3O7/c1-23-13-12-14-24(2)31(23)39-20-9-5-8-17-28(42)38-25(3)32(26-15-6-4-7-16-26)46-36(45)29-27-18-19-37(47-27)30(29)34(43)40(21-10-11-22-41)33(37)35(39)44/h4-7,9,12-16,18-19,25,27,29-30,32-33,41H,8,10-11,17,20-22H2,1-3H3,(H,38,42)/b9-5-/t25-,27+,29-,30-,32+,33+,37-/m0/s1. The van der Waals surface area contributed by atoms with Crippen LogP contribution in [0.3, 0.4) is 0 Å². The second kappa shape index (κ2) is 13.4. The summed E-state index contributed by atoms with van der Waals surface area (Å²) >= 11 is 0. The lowest BCUT2D eigenvalue weighted by Gasteiger charge is -2.36. The number of hydrogen-bond donors (Lipinski definition) is 2. The van der Waals surface area contributed by atoms with Crippen molar-refractivity contribution >= 4 is 29.4 Å². The number of aryl methyl sites for hydroxylation is 2. The molecule has 6 rings (SSSR count). The SMILES string of the molecule is Cc1cccc(C)c1N1C/C=C\CCC(=O)N[C@@H](C)[C@H](c2ccccc2)OC(=O)[C@@H]2[C@H]3C(=O)N(CCCCO)[C@H](C1=O)[C@]31C=C[C@H]2O1. The molecule has 2 aromatic rings. The quantitative estimate of drug-likeness (QED) is 0.280. The summed E-state index contributed by atoms with van der Waals surface area (Å²) in [4.78, 5) is 59.9. The lowest BCUT2D eigenvalue weighted by molar-refractivity contribution is -0.161. The highest BCUT2D eigenvalue weighted by Gasteiger charge is 2.73. The summed E-state index contributed by atoms with van der Waals surface area (Å²) in [5.74, 6) is -3.42. The number of cyclic esters (lactones) is 1. The molecule has 5 bridgehead atoms. The zero-order valence-corrected chi connectivity index (χ0v) is 27.1. The molecule has 0 radical (unpaired) electrons. The van der Waals surface area contributed by atoms with Crippen LogP contribution in [0.25, 0.3) is 0 Å². The molecule has 4 aliphatic heterocycles. The van der Waals surface area contributed by atoms with Gasteiger partial charge in [0.1, 0.15) is 23.7 Å². The van der Waals surface area contributed by atoms with Crippen LogP contribution in [-0.2, 0) is 28.7 Å². The Kier molecular flexibility index (Phi) is 9.34. The average molecular weight is 642 g/mol. The predicted molar refractivity (Wildman–Crippen MR) is 175 cm³/mol. The van der Waals surface area contributed by atoms with Crippen LogP contribution in [0.1, 0.15) is 55.4 Å². The first kappa shape index (κ1) is 32.7. The van der Waals surface area contributed by atoms with Gasteiger partial charge >= 0.3 is 5.97 Å². The van der Waals surface area contributed by atoms with Gasteiger partial charge in [-0.3, -0.25) is 19.2 Å². The van der Waals surface area contributed by atoms with E-state index in [1.54, 1.807) is 28.9 Å². The van der Waals surface area contributed by atoms with Crippen LogP contribution >= 0.6 is 0 Å². The van der Waals surface area contributed by atoms with E-state index in [4.69, 9.17) is 9.47 Å². The first-order chi connectivity index (χ1) is 22.7. The van der Waals surface area contributed by atoms with Gasteiger partial charge in [0.2, 0.25) is 11.8 Å². The average Bonchev–Trinajstić information content (AvgIpc) is 3.69. The van der Waals surface area contributed by atoms with Crippen molar-refractivity contribution in [3.8, 4) is 0 Å². The number of nitrogens with one attached hydrogen (secondary N) is 1. The molecule has 47 heavy (non-hydrogen) atoms. The van der Waals surface area contributed by atoms with Crippen LogP contribution in [0.15, 0.2) is 72.8 Å². The van der Waals surface area contributed by atoms with Crippen molar-refractivity contribution in [2.75, 3.05) is 24.6 Å². The number of carbonyl (C=O) groups is 4. The number of ether oxygens (including phenoxy) is 2. The second-order valence-electron chi connectivity index (χ2n) is 13.0. The van der Waals surface area contributed by atoms with Crippen LogP contribution in [-0.4, -0.2) is 77.2 Å². The Morgan fingerprint density at radius 3 is 2.43 bits per heavy atom. The smallest absolute Gasteiger partial charge is 0.313 e. The van der Waals surface area contributed by atoms with E-state index < -0.39 is 47.7 Å². The van der Waals surface area contributed by atoms with Gasteiger partial charge in [0.05, 0.1) is 18.1 Å². The number of esters is 1. The molecule has 4 heterocycles. The number of allylic oxidation sites excluding steroid dienone is 1. The first-order valence-corrected chi connectivity index (χ1v) is 16.5. The van der Waals surface area contributed by atoms with E-state index in [0.717, 1.165) is 16.8 Å². The highest BCUT2D eigenvalue weighted by molar-refractivity contribution is 6.06. The molecular formula is C37H43N3O7. The van der Waals surface area contributed by atoms with E-state index in [2.05, 4.69) is 5.32 Å². The minimum absolute atomic E-state index is 0.0441. The number of anilines is 1. The molecule has 10 heteroatoms. The Morgan fingerprint density at radius 1 is 0.957 bits per heavy atom. The minimum Gasteiger partial charge on any atom is -0.455 e. The lowest BCUT2D eigenvalue weighted by atomic mass is 9.74. The Hall–Kier alpha value is -4.28. The molecule has 7 atom stereocenters. The number of unbranched alkanes of at least 4 members (excludes halogenated alkanes) is 1. The Morgan fingerprint density at radius 2 is 1.70 bits per heavy atom. The molecule has 2 aromatic carbocycles. The van der Waals surface area contributed by atoms with Gasteiger partial charge < -0.3 is 29.7 Å². The molecule has 2 fully saturated rings. The van der Waals surface area contributed by atoms with Crippen LogP contribution < -0.4 is 10.2 Å². The van der Waals surface area contributed by atoms with Gasteiger partial charge in [0.25, 0.3) is 5.91 Å². The van der Waals surface area contributed by atoms with E-state index in [1.165, 1.54) is 0 Å². The van der Waals surface area contributed by atoms with Crippen molar-refractivity contribution < 1.29 is 33.8 Å². The van der Waals surface area contributed by atoms with Crippen molar-refractivity contribution in [3.63, 3.8) is 0 Å². The second-order valence-corrected chi connectivity index (χ2v) is 13.0. The van der Waals surface area contributed by atoms with Gasteiger partial charge in [0, 0.05) is 31.8 Å². The number of nitrogens with zero attached hydrogens (tertiary/aromatic N) is 2. The van der Waals surface area contributed by atoms with Crippen molar-refractivity contribution in [3.05, 3.63) is 89.5 Å². The molecule has 0 aromatic heterocycles. The highest BCUT2D eigenvalue weighted by Crippen LogP contribution is 2.56. The summed E-state index contributed by atoms with van der Waals surface area (Å²) in [6.45, 7) is 6.08. The van der Waals surface area contributed by atoms with Gasteiger partial charge in [-0.05, 0) is 56.7 Å². The van der Waals surface area contributed by atoms with E-state index in [1.807, 2.05) is 74.5 Å². The normalized spacial score (nSPS) is 31.6. The van der Waals surface area contributed by atoms with E-state index in [-0.39, 0.29) is 43.8 Å². The van der Waals surface area contributed by atoms with Gasteiger partial charge in [-0.15, -0.1) is 0 Å². The number of benzene rings is 2. The Bertz CT molecular complexity index is 1570. The third-order valence-corrected chi connectivity index (χ3v) is 9.87. The number of likely N-dealkylation sites (tertiary alicyclic amines) is 1. The molecule has 0 saturated carbocycles. The fourth-order valence-corrected chi connectivity index (χ4v) is 7.74. The first-order valence-electron chi connectivity index (χ1n) is 16.5. The molecule has 3 amide bonds. The minimum atomic E-state index is -1.36. The Balaban J connectivity index is 1.46. The molecule has 10 nitrogen and oxygen atoms in total. The summed E-state index contributed by atoms with van der Waals surface area (Å²) in [7, 11) is 0. The number of aliphatic hydroxyl groups is 1. The highest BCUT2D eigenvalue weighted by atomic mass is 16.6. The summed E-state index contributed by atoms with van der Waals surface area (Å²) in [6, 6.07) is 13.5. The van der Waals surface area contributed by atoms with E-state index in [9.17, 15) is 24.3 Å². The number of hydrogen-bond acceptors (Lipinski definition) is 7. The maximum atomic E-state index is 15.0. The van der Waals surface area contributed by atoms with Gasteiger partial charge in [-0.25, -0.2) is 0 Å². The van der Waals surface area contributed by atoms with Gasteiger partial charge in [0.15, 0.2) is 0 Å². The molecule has 4 aliphatic rings. The van der Waals surface area contributed by atoms with Crippen LogP contribution in [0.4, 0.5) is 5.69 Å². The molecule has 2 N–H and O–H groups in total. The van der Waals surface area contributed by atoms with Crippen molar-refractivity contribution in [1.82, 2.24) is 10.2 Å². The summed E-state index contributed by atoms with van der Waals surface area (Å²) < 4.78 is 12.8. The number of para-hydroxylation sites is 1. The fourth-order valence-electron chi connectivity index (χ4n) is 7.74. The molecule has 248 valence electrons. The van der Waals surface area contributed by atoms with E-state index in [0.29, 0.717) is 24.8 Å². The number of carbonyl (C=O) groups excluding carboxylic acids is 4. The summed E-state index contributed by atoms with van der Waals surface area (Å²) in [5, 5.41) is 12.5. The van der Waals surface area contributed by atoms with Crippen molar-refractivity contribution in [2.45, 2.75) is 76.3 Å². The molecule has 0 unspecified atom stereocenters.